The first-order valence-corrected chi connectivity index (χ1v) is 8.20. The van der Waals surface area contributed by atoms with Crippen LogP contribution in [0, 0.1) is 0 Å². The van der Waals surface area contributed by atoms with Crippen molar-refractivity contribution in [2.45, 2.75) is 37.5 Å². The average molecular weight is 321 g/mol. The number of carbonyl (C=O) groups excluding carboxylic acids is 1. The van der Waals surface area contributed by atoms with Crippen LogP contribution in [-0.4, -0.2) is 44.3 Å². The molecule has 0 spiro atoms. The third-order valence-corrected chi connectivity index (χ3v) is 5.14. The average Bonchev–Trinajstić information content (AvgIpc) is 3.10. The second-order valence-corrected chi connectivity index (χ2v) is 6.77. The SMILES string of the molecule is O=C(c1nnc(C2CC2)s1)N1CCCC(c2n[nH]c(=O)o2)C1. The van der Waals surface area contributed by atoms with Crippen molar-refractivity contribution in [2.24, 2.45) is 0 Å². The van der Waals surface area contributed by atoms with Gasteiger partial charge in [0.2, 0.25) is 10.9 Å². The van der Waals surface area contributed by atoms with Crippen LogP contribution in [0.25, 0.3) is 0 Å². The van der Waals surface area contributed by atoms with Gasteiger partial charge in [0.05, 0.1) is 5.92 Å². The van der Waals surface area contributed by atoms with E-state index in [0.717, 1.165) is 30.7 Å². The highest BCUT2D eigenvalue weighted by Gasteiger charge is 2.32. The summed E-state index contributed by atoms with van der Waals surface area (Å²) in [6, 6.07) is 0. The van der Waals surface area contributed by atoms with Crippen molar-refractivity contribution in [1.29, 1.82) is 0 Å². The molecule has 1 aliphatic heterocycles. The maximum absolute atomic E-state index is 12.6. The summed E-state index contributed by atoms with van der Waals surface area (Å²) in [5.74, 6) is 0.182. The molecule has 0 radical (unpaired) electrons. The van der Waals surface area contributed by atoms with Crippen LogP contribution < -0.4 is 5.76 Å². The van der Waals surface area contributed by atoms with Crippen LogP contribution in [0.4, 0.5) is 0 Å². The molecule has 2 aliphatic rings. The Balaban J connectivity index is 1.48. The molecule has 1 N–H and O–H groups in total. The number of hydrogen-bond donors (Lipinski definition) is 1. The maximum Gasteiger partial charge on any atom is 0.434 e. The van der Waals surface area contributed by atoms with Gasteiger partial charge in [-0.15, -0.1) is 15.3 Å². The lowest BCUT2D eigenvalue weighted by atomic mass is 9.98. The van der Waals surface area contributed by atoms with Crippen molar-refractivity contribution in [3.8, 4) is 0 Å². The summed E-state index contributed by atoms with van der Waals surface area (Å²) in [4.78, 5) is 25.4. The number of nitrogens with zero attached hydrogens (tertiary/aromatic N) is 4. The largest absolute Gasteiger partial charge is 0.434 e. The first-order valence-electron chi connectivity index (χ1n) is 7.39. The smallest absolute Gasteiger partial charge is 0.392 e. The Morgan fingerprint density at radius 3 is 2.86 bits per heavy atom. The molecule has 2 aromatic heterocycles. The van der Waals surface area contributed by atoms with E-state index in [2.05, 4.69) is 20.4 Å². The van der Waals surface area contributed by atoms with Gasteiger partial charge in [0.15, 0.2) is 0 Å². The normalized spacial score (nSPS) is 22.0. The molecule has 8 nitrogen and oxygen atoms in total. The summed E-state index contributed by atoms with van der Waals surface area (Å²) in [5.41, 5.74) is 0. The van der Waals surface area contributed by atoms with E-state index in [1.54, 1.807) is 4.90 Å². The number of likely N-dealkylation sites (tertiary alicyclic amines) is 1. The molecule has 1 unspecified atom stereocenters. The molecule has 1 atom stereocenters. The second kappa shape index (κ2) is 5.31. The molecule has 2 fully saturated rings. The molecule has 1 amide bonds. The molecule has 116 valence electrons. The number of rotatable bonds is 3. The van der Waals surface area contributed by atoms with Gasteiger partial charge in [0.25, 0.3) is 5.91 Å². The van der Waals surface area contributed by atoms with Crippen molar-refractivity contribution in [2.75, 3.05) is 13.1 Å². The summed E-state index contributed by atoms with van der Waals surface area (Å²) >= 11 is 1.40. The van der Waals surface area contributed by atoms with E-state index in [-0.39, 0.29) is 11.8 Å². The molecule has 1 saturated carbocycles. The van der Waals surface area contributed by atoms with Gasteiger partial charge in [-0.25, -0.2) is 9.89 Å². The lowest BCUT2D eigenvalue weighted by Gasteiger charge is -2.30. The first-order chi connectivity index (χ1) is 10.7. The quantitative estimate of drug-likeness (QED) is 0.908. The van der Waals surface area contributed by atoms with Gasteiger partial charge in [-0.2, -0.15) is 0 Å². The lowest BCUT2D eigenvalue weighted by molar-refractivity contribution is 0.0696. The van der Waals surface area contributed by atoms with E-state index in [9.17, 15) is 9.59 Å². The topological polar surface area (TPSA) is 105 Å². The van der Waals surface area contributed by atoms with Gasteiger partial charge >= 0.3 is 5.76 Å². The van der Waals surface area contributed by atoms with Crippen LogP contribution in [0.3, 0.4) is 0 Å². The van der Waals surface area contributed by atoms with Gasteiger partial charge in [-0.05, 0) is 25.7 Å². The Morgan fingerprint density at radius 2 is 2.14 bits per heavy atom. The summed E-state index contributed by atoms with van der Waals surface area (Å²) in [5, 5.41) is 15.7. The highest BCUT2D eigenvalue weighted by Crippen LogP contribution is 2.41. The van der Waals surface area contributed by atoms with Crippen LogP contribution in [0.5, 0.6) is 0 Å². The van der Waals surface area contributed by atoms with Gasteiger partial charge in [0.1, 0.15) is 5.01 Å². The first kappa shape index (κ1) is 13.6. The summed E-state index contributed by atoms with van der Waals surface area (Å²) < 4.78 is 5.02. The molecule has 2 aromatic rings. The number of nitrogens with one attached hydrogen (secondary N) is 1. The van der Waals surface area contributed by atoms with Crippen LogP contribution >= 0.6 is 11.3 Å². The number of piperidine rings is 1. The minimum Gasteiger partial charge on any atom is -0.392 e. The van der Waals surface area contributed by atoms with E-state index >= 15 is 0 Å². The molecular weight excluding hydrogens is 306 g/mol. The van der Waals surface area contributed by atoms with E-state index in [4.69, 9.17) is 4.42 Å². The fraction of sp³-hybridized carbons (Fsp3) is 0.615. The fourth-order valence-electron chi connectivity index (χ4n) is 2.73. The molecule has 1 saturated heterocycles. The Morgan fingerprint density at radius 1 is 1.27 bits per heavy atom. The highest BCUT2D eigenvalue weighted by molar-refractivity contribution is 7.13. The van der Waals surface area contributed by atoms with Gasteiger partial charge in [-0.3, -0.25) is 4.79 Å². The number of H-pyrrole nitrogens is 1. The van der Waals surface area contributed by atoms with Crippen LogP contribution in [0.2, 0.25) is 0 Å². The Labute approximate surface area is 129 Å². The van der Waals surface area contributed by atoms with Crippen molar-refractivity contribution < 1.29 is 9.21 Å². The number of aromatic nitrogens is 4. The lowest BCUT2D eigenvalue weighted by Crippen LogP contribution is -2.39. The zero-order chi connectivity index (χ0) is 15.1. The third kappa shape index (κ3) is 2.56. The molecule has 0 aromatic carbocycles. The van der Waals surface area contributed by atoms with Crippen molar-refractivity contribution in [1.82, 2.24) is 25.3 Å². The maximum atomic E-state index is 12.6. The second-order valence-electron chi connectivity index (χ2n) is 5.76. The van der Waals surface area contributed by atoms with E-state index < -0.39 is 5.76 Å². The Bertz CT molecular complexity index is 747. The Kier molecular flexibility index (Phi) is 3.29. The zero-order valence-electron chi connectivity index (χ0n) is 11.8. The van der Waals surface area contributed by atoms with Crippen molar-refractivity contribution >= 4 is 17.2 Å². The standard InChI is InChI=1S/C13H15N5O3S/c19-12(11-16-15-10(22-11)7-3-4-7)18-5-1-2-8(6-18)9-14-17-13(20)21-9/h7-8H,1-6H2,(H,17,20). The molecule has 4 rings (SSSR count). The number of carbonyl (C=O) groups is 1. The van der Waals surface area contributed by atoms with Crippen LogP contribution in [0.15, 0.2) is 9.21 Å². The predicted molar refractivity (Wildman–Crippen MR) is 76.9 cm³/mol. The summed E-state index contributed by atoms with van der Waals surface area (Å²) in [6.07, 6.45) is 3.99. The van der Waals surface area contributed by atoms with E-state index in [1.807, 2.05) is 0 Å². The number of amides is 1. The van der Waals surface area contributed by atoms with E-state index in [1.165, 1.54) is 11.3 Å². The van der Waals surface area contributed by atoms with Gasteiger partial charge in [-0.1, -0.05) is 11.3 Å². The minimum atomic E-state index is -0.559. The number of aromatic amines is 1. The summed E-state index contributed by atoms with van der Waals surface area (Å²) in [7, 11) is 0. The number of hydrogen-bond acceptors (Lipinski definition) is 7. The molecular formula is C13H15N5O3S. The highest BCUT2D eigenvalue weighted by atomic mass is 32.1. The molecule has 22 heavy (non-hydrogen) atoms. The molecule has 1 aliphatic carbocycles. The van der Waals surface area contributed by atoms with E-state index in [0.29, 0.717) is 29.9 Å². The molecule has 3 heterocycles. The molecule has 9 heteroatoms. The predicted octanol–water partition coefficient (Wildman–Crippen LogP) is 1.11. The van der Waals surface area contributed by atoms with Crippen LogP contribution in [0.1, 0.15) is 58.2 Å². The monoisotopic (exact) mass is 321 g/mol. The van der Waals surface area contributed by atoms with Gasteiger partial charge in [0, 0.05) is 19.0 Å². The van der Waals surface area contributed by atoms with Gasteiger partial charge < -0.3 is 9.32 Å². The van der Waals surface area contributed by atoms with Crippen molar-refractivity contribution in [3.05, 3.63) is 26.5 Å². The van der Waals surface area contributed by atoms with Crippen LogP contribution in [-0.2, 0) is 0 Å². The minimum absolute atomic E-state index is 0.0486. The Hall–Kier alpha value is -2.03. The third-order valence-electron chi connectivity index (χ3n) is 4.06. The zero-order valence-corrected chi connectivity index (χ0v) is 12.6. The fourth-order valence-corrected chi connectivity index (χ4v) is 3.71. The van der Waals surface area contributed by atoms with Crippen molar-refractivity contribution in [3.63, 3.8) is 0 Å². The summed E-state index contributed by atoms with van der Waals surface area (Å²) in [6.45, 7) is 1.17. The molecule has 0 bridgehead atoms.